The van der Waals surface area contributed by atoms with E-state index in [1.165, 1.54) is 0 Å². The van der Waals surface area contributed by atoms with E-state index in [0.29, 0.717) is 11.7 Å². The number of nitrogens with one attached hydrogen (secondary N) is 1. The predicted octanol–water partition coefficient (Wildman–Crippen LogP) is 0.227. The van der Waals surface area contributed by atoms with E-state index in [0.717, 1.165) is 11.3 Å². The van der Waals surface area contributed by atoms with E-state index in [2.05, 4.69) is 20.3 Å². The summed E-state index contributed by atoms with van der Waals surface area (Å²) >= 11 is 0. The Hall–Kier alpha value is -1.69. The second kappa shape index (κ2) is 2.98. The second-order valence-corrected chi connectivity index (χ2v) is 2.65. The molecule has 0 radical (unpaired) electrons. The Morgan fingerprint density at radius 2 is 2.46 bits per heavy atom. The molecule has 0 atom stereocenters. The fourth-order valence-corrected chi connectivity index (χ4v) is 1.00. The van der Waals surface area contributed by atoms with Gasteiger partial charge in [-0.25, -0.2) is 0 Å². The molecule has 0 amide bonds. The van der Waals surface area contributed by atoms with Crippen molar-refractivity contribution in [1.29, 1.82) is 0 Å². The fourth-order valence-electron chi connectivity index (χ4n) is 1.00. The van der Waals surface area contributed by atoms with Crippen molar-refractivity contribution in [3.63, 3.8) is 0 Å². The molecule has 0 aliphatic heterocycles. The zero-order chi connectivity index (χ0) is 9.26. The lowest BCUT2D eigenvalue weighted by Gasteiger charge is -1.87. The molecule has 2 heterocycles. The number of nitrogens with two attached hydrogens (primary N) is 1. The van der Waals surface area contributed by atoms with Gasteiger partial charge in [-0.05, 0) is 12.5 Å². The molecular weight excluding hydrogens is 170 g/mol. The molecule has 2 rings (SSSR count). The minimum Gasteiger partial charge on any atom is -0.332 e. The molecule has 0 saturated carbocycles. The lowest BCUT2D eigenvalue weighted by atomic mass is 10.3. The van der Waals surface area contributed by atoms with Crippen molar-refractivity contribution in [3.05, 3.63) is 17.6 Å². The molecule has 0 aromatic carbocycles. The van der Waals surface area contributed by atoms with Crippen molar-refractivity contribution in [2.75, 3.05) is 0 Å². The van der Waals surface area contributed by atoms with Crippen molar-refractivity contribution in [3.8, 4) is 11.6 Å². The van der Waals surface area contributed by atoms with E-state index in [1.807, 2.05) is 6.92 Å². The summed E-state index contributed by atoms with van der Waals surface area (Å²) in [5.74, 6) is 0.916. The number of hydrogen-bond donors (Lipinski definition) is 2. The number of rotatable bonds is 2. The van der Waals surface area contributed by atoms with Crippen LogP contribution in [0.5, 0.6) is 0 Å². The molecule has 13 heavy (non-hydrogen) atoms. The lowest BCUT2D eigenvalue weighted by molar-refractivity contribution is 0.421. The Balaban J connectivity index is 2.41. The molecule has 0 spiro atoms. The van der Waals surface area contributed by atoms with E-state index in [1.54, 1.807) is 6.20 Å². The van der Waals surface area contributed by atoms with Crippen molar-refractivity contribution in [2.45, 2.75) is 13.5 Å². The number of aromatic nitrogens is 4. The maximum Gasteiger partial charge on any atom is 0.276 e. The van der Waals surface area contributed by atoms with Gasteiger partial charge < -0.3 is 10.3 Å². The maximum atomic E-state index is 5.34. The summed E-state index contributed by atoms with van der Waals surface area (Å²) in [5.41, 5.74) is 7.05. The normalized spacial score (nSPS) is 10.6. The number of H-pyrrole nitrogens is 1. The van der Waals surface area contributed by atoms with Crippen molar-refractivity contribution in [1.82, 2.24) is 20.3 Å². The molecular formula is C7H9N5O. The molecule has 3 N–H and O–H groups in total. The summed E-state index contributed by atoms with van der Waals surface area (Å²) < 4.78 is 4.97. The van der Waals surface area contributed by atoms with Crippen LogP contribution >= 0.6 is 0 Å². The summed E-state index contributed by atoms with van der Waals surface area (Å²) in [6.07, 6.45) is 1.70. The monoisotopic (exact) mass is 179 g/mol. The SMILES string of the molecule is Cc1cn[nH]c1-c1nc(CN)no1. The first-order valence-electron chi connectivity index (χ1n) is 3.84. The summed E-state index contributed by atoms with van der Waals surface area (Å²) in [6.45, 7) is 2.18. The summed E-state index contributed by atoms with van der Waals surface area (Å²) in [6, 6.07) is 0. The third kappa shape index (κ3) is 1.31. The van der Waals surface area contributed by atoms with Crippen molar-refractivity contribution in [2.24, 2.45) is 5.73 Å². The van der Waals surface area contributed by atoms with E-state index >= 15 is 0 Å². The summed E-state index contributed by atoms with van der Waals surface area (Å²) in [5, 5.41) is 10.3. The average Bonchev–Trinajstić information content (AvgIpc) is 2.71. The third-order valence-corrected chi connectivity index (χ3v) is 1.69. The molecule has 6 heteroatoms. The van der Waals surface area contributed by atoms with Gasteiger partial charge >= 0.3 is 0 Å². The highest BCUT2D eigenvalue weighted by molar-refractivity contribution is 5.50. The van der Waals surface area contributed by atoms with Gasteiger partial charge in [-0.1, -0.05) is 5.16 Å². The van der Waals surface area contributed by atoms with Gasteiger partial charge in [0.2, 0.25) is 0 Å². The van der Waals surface area contributed by atoms with Gasteiger partial charge in [-0.3, -0.25) is 5.10 Å². The van der Waals surface area contributed by atoms with Gasteiger partial charge in [-0.2, -0.15) is 10.1 Å². The highest BCUT2D eigenvalue weighted by Crippen LogP contribution is 2.17. The standard InChI is InChI=1S/C7H9N5O/c1-4-3-9-11-6(4)7-10-5(2-8)12-13-7/h3H,2,8H2,1H3,(H,9,11). The van der Waals surface area contributed by atoms with Gasteiger partial charge in [0.25, 0.3) is 5.89 Å². The van der Waals surface area contributed by atoms with Crippen LogP contribution in [0.15, 0.2) is 10.7 Å². The highest BCUT2D eigenvalue weighted by Gasteiger charge is 2.11. The quantitative estimate of drug-likeness (QED) is 0.688. The molecule has 0 aliphatic carbocycles. The van der Waals surface area contributed by atoms with Crippen LogP contribution in [0, 0.1) is 6.92 Å². The first-order valence-corrected chi connectivity index (χ1v) is 3.84. The van der Waals surface area contributed by atoms with Crippen LogP contribution in [0.1, 0.15) is 11.4 Å². The molecule has 0 bridgehead atoms. The van der Waals surface area contributed by atoms with Gasteiger partial charge in [-0.15, -0.1) is 0 Å². The molecule has 2 aromatic heterocycles. The van der Waals surface area contributed by atoms with Gasteiger partial charge in [0.1, 0.15) is 5.69 Å². The molecule has 68 valence electrons. The van der Waals surface area contributed by atoms with Gasteiger partial charge in [0, 0.05) is 0 Å². The number of aromatic amines is 1. The van der Waals surface area contributed by atoms with E-state index in [4.69, 9.17) is 10.3 Å². The first kappa shape index (κ1) is 7.93. The Morgan fingerprint density at radius 3 is 3.00 bits per heavy atom. The molecule has 0 fully saturated rings. The Morgan fingerprint density at radius 1 is 1.62 bits per heavy atom. The molecule has 0 aliphatic rings. The van der Waals surface area contributed by atoms with Crippen LogP contribution in [0.3, 0.4) is 0 Å². The number of nitrogens with zero attached hydrogens (tertiary/aromatic N) is 3. The highest BCUT2D eigenvalue weighted by atomic mass is 16.5. The first-order chi connectivity index (χ1) is 6.31. The fraction of sp³-hybridized carbons (Fsp3) is 0.286. The Labute approximate surface area is 74.1 Å². The number of aryl methyl sites for hydroxylation is 1. The van der Waals surface area contributed by atoms with E-state index < -0.39 is 0 Å². The van der Waals surface area contributed by atoms with Crippen molar-refractivity contribution < 1.29 is 4.52 Å². The summed E-state index contributed by atoms with van der Waals surface area (Å²) in [7, 11) is 0. The molecule has 0 unspecified atom stereocenters. The Kier molecular flexibility index (Phi) is 1.82. The Bertz CT molecular complexity index is 404. The van der Waals surface area contributed by atoms with E-state index in [9.17, 15) is 0 Å². The molecule has 2 aromatic rings. The zero-order valence-electron chi connectivity index (χ0n) is 7.11. The predicted molar refractivity (Wildman–Crippen MR) is 44.5 cm³/mol. The third-order valence-electron chi connectivity index (χ3n) is 1.69. The smallest absolute Gasteiger partial charge is 0.276 e. The minimum atomic E-state index is 0.274. The van der Waals surface area contributed by atoms with Gasteiger partial charge in [0.15, 0.2) is 5.82 Å². The van der Waals surface area contributed by atoms with Gasteiger partial charge in [0.05, 0.1) is 12.7 Å². The van der Waals surface area contributed by atoms with Crippen LogP contribution in [0.25, 0.3) is 11.6 Å². The van der Waals surface area contributed by atoms with Crippen LogP contribution in [0.2, 0.25) is 0 Å². The van der Waals surface area contributed by atoms with Crippen LogP contribution in [-0.4, -0.2) is 20.3 Å². The minimum absolute atomic E-state index is 0.274. The maximum absolute atomic E-state index is 5.34. The zero-order valence-corrected chi connectivity index (χ0v) is 7.11. The second-order valence-electron chi connectivity index (χ2n) is 2.65. The van der Waals surface area contributed by atoms with Crippen LogP contribution in [0.4, 0.5) is 0 Å². The number of hydrogen-bond acceptors (Lipinski definition) is 5. The van der Waals surface area contributed by atoms with Crippen LogP contribution < -0.4 is 5.73 Å². The lowest BCUT2D eigenvalue weighted by Crippen LogP contribution is -1.97. The molecule has 0 saturated heterocycles. The average molecular weight is 179 g/mol. The van der Waals surface area contributed by atoms with Crippen molar-refractivity contribution >= 4 is 0 Å². The van der Waals surface area contributed by atoms with E-state index in [-0.39, 0.29) is 6.54 Å². The summed E-state index contributed by atoms with van der Waals surface area (Å²) in [4.78, 5) is 4.06. The topological polar surface area (TPSA) is 93.6 Å². The van der Waals surface area contributed by atoms with Crippen LogP contribution in [-0.2, 0) is 6.54 Å². The largest absolute Gasteiger partial charge is 0.332 e. The molecule has 6 nitrogen and oxygen atoms in total.